The Kier molecular flexibility index (Phi) is 9.18. The van der Waals surface area contributed by atoms with E-state index < -0.39 is 41.8 Å². The molecule has 1 aromatic carbocycles. The molecule has 4 amide bonds. The van der Waals surface area contributed by atoms with Crippen LogP contribution in [0.3, 0.4) is 0 Å². The van der Waals surface area contributed by atoms with Crippen LogP contribution in [0.15, 0.2) is 30.3 Å². The molecule has 4 atom stereocenters. The SMILES string of the molecule is NC(=O)CCC(NC(=O)C1CCCN1C(=O)C1CCCN1)C(=O)NC(Cc1ccccc1)C(=O)O. The predicted octanol–water partition coefficient (Wildman–Crippen LogP) is -0.708. The largest absolute Gasteiger partial charge is 0.480 e. The molecule has 190 valence electrons. The van der Waals surface area contributed by atoms with E-state index in [0.29, 0.717) is 25.8 Å². The highest BCUT2D eigenvalue weighted by molar-refractivity contribution is 5.94. The van der Waals surface area contributed by atoms with Crippen LogP contribution in [0.25, 0.3) is 0 Å². The fourth-order valence-corrected chi connectivity index (χ4v) is 4.54. The van der Waals surface area contributed by atoms with Crippen LogP contribution in [0.4, 0.5) is 0 Å². The number of carboxylic acid groups (broad SMARTS) is 1. The summed E-state index contributed by atoms with van der Waals surface area (Å²) >= 11 is 0. The zero-order chi connectivity index (χ0) is 25.4. The fourth-order valence-electron chi connectivity index (χ4n) is 4.54. The summed E-state index contributed by atoms with van der Waals surface area (Å²) in [5.41, 5.74) is 5.96. The molecule has 0 bridgehead atoms. The van der Waals surface area contributed by atoms with E-state index in [1.54, 1.807) is 30.3 Å². The maximum Gasteiger partial charge on any atom is 0.326 e. The Morgan fingerprint density at radius 3 is 2.43 bits per heavy atom. The number of likely N-dealkylation sites (tertiary alicyclic amines) is 1. The van der Waals surface area contributed by atoms with Crippen LogP contribution in [-0.4, -0.2) is 76.9 Å². The van der Waals surface area contributed by atoms with Gasteiger partial charge in [-0.3, -0.25) is 19.2 Å². The highest BCUT2D eigenvalue weighted by atomic mass is 16.4. The van der Waals surface area contributed by atoms with E-state index >= 15 is 0 Å². The van der Waals surface area contributed by atoms with Crippen molar-refractivity contribution in [1.29, 1.82) is 0 Å². The summed E-state index contributed by atoms with van der Waals surface area (Å²) in [6.07, 6.45) is 2.52. The minimum Gasteiger partial charge on any atom is -0.480 e. The van der Waals surface area contributed by atoms with Crippen molar-refractivity contribution in [3.05, 3.63) is 35.9 Å². The lowest BCUT2D eigenvalue weighted by molar-refractivity contribution is -0.143. The number of hydrogen-bond acceptors (Lipinski definition) is 6. The topological polar surface area (TPSA) is 171 Å². The second kappa shape index (κ2) is 12.3. The first kappa shape index (κ1) is 26.1. The van der Waals surface area contributed by atoms with Gasteiger partial charge in [0.05, 0.1) is 6.04 Å². The van der Waals surface area contributed by atoms with E-state index in [0.717, 1.165) is 18.5 Å². The highest BCUT2D eigenvalue weighted by Crippen LogP contribution is 2.21. The molecule has 35 heavy (non-hydrogen) atoms. The number of carbonyl (C=O) groups excluding carboxylic acids is 4. The highest BCUT2D eigenvalue weighted by Gasteiger charge is 2.39. The molecule has 2 aliphatic rings. The molecule has 0 saturated carbocycles. The Morgan fingerprint density at radius 1 is 1.06 bits per heavy atom. The van der Waals surface area contributed by atoms with Gasteiger partial charge in [0.25, 0.3) is 0 Å². The van der Waals surface area contributed by atoms with Crippen molar-refractivity contribution in [2.75, 3.05) is 13.1 Å². The zero-order valence-corrected chi connectivity index (χ0v) is 19.6. The van der Waals surface area contributed by atoms with Crippen LogP contribution < -0.4 is 21.7 Å². The Morgan fingerprint density at radius 2 is 1.80 bits per heavy atom. The van der Waals surface area contributed by atoms with Gasteiger partial charge < -0.3 is 31.7 Å². The minimum atomic E-state index is -1.23. The molecule has 11 nitrogen and oxygen atoms in total. The van der Waals surface area contributed by atoms with E-state index in [1.165, 1.54) is 4.90 Å². The number of primary amides is 1. The lowest BCUT2D eigenvalue weighted by Gasteiger charge is -2.28. The molecule has 0 radical (unpaired) electrons. The van der Waals surface area contributed by atoms with Gasteiger partial charge in [-0.25, -0.2) is 4.79 Å². The Balaban J connectivity index is 1.68. The quantitative estimate of drug-likeness (QED) is 0.274. The number of carbonyl (C=O) groups is 5. The summed E-state index contributed by atoms with van der Waals surface area (Å²) in [6, 6.07) is 5.39. The third-order valence-electron chi connectivity index (χ3n) is 6.41. The Hall–Kier alpha value is -3.47. The average molecular weight is 488 g/mol. The van der Waals surface area contributed by atoms with E-state index in [9.17, 15) is 29.1 Å². The van der Waals surface area contributed by atoms with Crippen molar-refractivity contribution in [3.8, 4) is 0 Å². The van der Waals surface area contributed by atoms with Crippen molar-refractivity contribution in [3.63, 3.8) is 0 Å². The normalized spacial score (nSPS) is 21.2. The third-order valence-corrected chi connectivity index (χ3v) is 6.41. The van der Waals surface area contributed by atoms with Crippen LogP contribution in [0.5, 0.6) is 0 Å². The standard InChI is InChI=1S/C24H33N5O6/c25-20(30)11-10-16(21(31)28-18(24(34)35)14-15-6-2-1-3-7-15)27-22(32)19-9-5-13-29(19)23(33)17-8-4-12-26-17/h1-3,6-7,16-19,26H,4-5,8-14H2,(H2,25,30)(H,27,32)(H,28,31)(H,34,35). The molecule has 0 aliphatic carbocycles. The fraction of sp³-hybridized carbons (Fsp3) is 0.542. The maximum absolute atomic E-state index is 13.1. The number of rotatable bonds is 11. The monoisotopic (exact) mass is 487 g/mol. The predicted molar refractivity (Wildman–Crippen MR) is 126 cm³/mol. The van der Waals surface area contributed by atoms with Crippen LogP contribution in [0.1, 0.15) is 44.1 Å². The van der Waals surface area contributed by atoms with Crippen LogP contribution in [0.2, 0.25) is 0 Å². The van der Waals surface area contributed by atoms with E-state index in [2.05, 4.69) is 16.0 Å². The van der Waals surface area contributed by atoms with Gasteiger partial charge in [-0.05, 0) is 44.2 Å². The van der Waals surface area contributed by atoms with Gasteiger partial charge in [-0.1, -0.05) is 30.3 Å². The van der Waals surface area contributed by atoms with Gasteiger partial charge in [0.1, 0.15) is 18.1 Å². The molecule has 0 aromatic heterocycles. The lowest BCUT2D eigenvalue weighted by atomic mass is 10.0. The van der Waals surface area contributed by atoms with E-state index in [1.807, 2.05) is 0 Å². The van der Waals surface area contributed by atoms with Crippen LogP contribution >= 0.6 is 0 Å². The minimum absolute atomic E-state index is 0.0533. The number of nitrogens with one attached hydrogen (secondary N) is 3. The molecule has 2 aliphatic heterocycles. The lowest BCUT2D eigenvalue weighted by Crippen LogP contribution is -2.56. The van der Waals surface area contributed by atoms with Crippen molar-refractivity contribution < 1.29 is 29.1 Å². The first-order valence-electron chi connectivity index (χ1n) is 12.0. The smallest absolute Gasteiger partial charge is 0.326 e. The summed E-state index contributed by atoms with van der Waals surface area (Å²) in [7, 11) is 0. The third kappa shape index (κ3) is 7.25. The second-order valence-electron chi connectivity index (χ2n) is 8.99. The van der Waals surface area contributed by atoms with Gasteiger partial charge in [0.15, 0.2) is 0 Å². The van der Waals surface area contributed by atoms with Gasteiger partial charge >= 0.3 is 5.97 Å². The molecule has 2 saturated heterocycles. The van der Waals surface area contributed by atoms with Crippen molar-refractivity contribution in [1.82, 2.24) is 20.9 Å². The number of nitrogens with zero attached hydrogens (tertiary/aromatic N) is 1. The number of hydrogen-bond donors (Lipinski definition) is 5. The molecule has 1 aromatic rings. The summed E-state index contributed by atoms with van der Waals surface area (Å²) in [6.45, 7) is 1.20. The molecule has 0 spiro atoms. The molecule has 3 rings (SSSR count). The molecule has 2 heterocycles. The van der Waals surface area contributed by atoms with Crippen LogP contribution in [-0.2, 0) is 30.4 Å². The zero-order valence-electron chi connectivity index (χ0n) is 19.6. The number of aliphatic carboxylic acids is 1. The van der Waals surface area contributed by atoms with E-state index in [-0.39, 0.29) is 31.2 Å². The van der Waals surface area contributed by atoms with Gasteiger partial charge in [0.2, 0.25) is 23.6 Å². The molecular weight excluding hydrogens is 454 g/mol. The summed E-state index contributed by atoms with van der Waals surface area (Å²) in [5, 5.41) is 17.9. The number of amides is 4. The molecule has 6 N–H and O–H groups in total. The average Bonchev–Trinajstić information content (AvgIpc) is 3.54. The molecular formula is C24H33N5O6. The molecule has 4 unspecified atom stereocenters. The molecule has 2 fully saturated rings. The van der Waals surface area contributed by atoms with Gasteiger partial charge in [-0.2, -0.15) is 0 Å². The Labute approximate surface area is 203 Å². The van der Waals surface area contributed by atoms with Crippen LogP contribution in [0, 0.1) is 0 Å². The number of nitrogens with two attached hydrogens (primary N) is 1. The summed E-state index contributed by atoms with van der Waals surface area (Å²) < 4.78 is 0. The summed E-state index contributed by atoms with van der Waals surface area (Å²) in [5.74, 6) is -3.24. The van der Waals surface area contributed by atoms with Crippen molar-refractivity contribution in [2.45, 2.75) is 69.1 Å². The number of carboxylic acids is 1. The first-order chi connectivity index (χ1) is 16.8. The van der Waals surface area contributed by atoms with Gasteiger partial charge in [0, 0.05) is 19.4 Å². The second-order valence-corrected chi connectivity index (χ2v) is 8.99. The maximum atomic E-state index is 13.1. The summed E-state index contributed by atoms with van der Waals surface area (Å²) in [4.78, 5) is 63.6. The van der Waals surface area contributed by atoms with Gasteiger partial charge in [-0.15, -0.1) is 0 Å². The molecule has 11 heteroatoms. The Bertz CT molecular complexity index is 934. The number of benzene rings is 1. The van der Waals surface area contributed by atoms with Crippen molar-refractivity contribution >= 4 is 29.6 Å². The first-order valence-corrected chi connectivity index (χ1v) is 12.0. The van der Waals surface area contributed by atoms with Crippen molar-refractivity contribution in [2.24, 2.45) is 5.73 Å². The van der Waals surface area contributed by atoms with E-state index in [4.69, 9.17) is 5.73 Å².